The number of hydrazine groups is 1. The highest BCUT2D eigenvalue weighted by Crippen LogP contribution is 2.31. The summed E-state index contributed by atoms with van der Waals surface area (Å²) in [5.41, 5.74) is 3.95. The summed E-state index contributed by atoms with van der Waals surface area (Å²) in [6, 6.07) is 13.4. The summed E-state index contributed by atoms with van der Waals surface area (Å²) >= 11 is 5.12. The smallest absolute Gasteiger partial charge is 0.347 e. The predicted octanol–water partition coefficient (Wildman–Crippen LogP) is 4.42. The van der Waals surface area contributed by atoms with Crippen LogP contribution >= 0.6 is 32.9 Å². The number of phenolic OH excluding ortho intramolecular Hbond substituents is 1. The number of nitrogens with one attached hydrogen (secondary N) is 1. The van der Waals surface area contributed by atoms with Crippen LogP contribution in [0.2, 0.25) is 0 Å². The van der Waals surface area contributed by atoms with Crippen LogP contribution in [0.5, 0.6) is 11.5 Å². The maximum absolute atomic E-state index is 12.2. The van der Waals surface area contributed by atoms with E-state index < -0.39 is 5.97 Å². The van der Waals surface area contributed by atoms with E-state index in [1.165, 1.54) is 12.1 Å². The van der Waals surface area contributed by atoms with Gasteiger partial charge in [0.05, 0.1) is 0 Å². The molecule has 2 aromatic carbocycles. The third-order valence-corrected chi connectivity index (χ3v) is 6.11. The van der Waals surface area contributed by atoms with Gasteiger partial charge in [-0.2, -0.15) is 0 Å². The highest BCUT2D eigenvalue weighted by Gasteiger charge is 2.14. The van der Waals surface area contributed by atoms with E-state index in [0.29, 0.717) is 11.4 Å². The number of aromatic hydroxyl groups is 1. The first-order valence-electron chi connectivity index (χ1n) is 6.79. The normalized spacial score (nSPS) is 10.4. The number of ether oxygens (including phenoxy) is 1. The third kappa shape index (κ3) is 3.62. The monoisotopic (exact) mass is 376 g/mol. The molecule has 1 heterocycles. The fourth-order valence-electron chi connectivity index (χ4n) is 2.01. The van der Waals surface area contributed by atoms with E-state index in [2.05, 4.69) is 5.43 Å². The lowest BCUT2D eigenvalue weighted by Crippen LogP contribution is -2.11. The fourth-order valence-corrected chi connectivity index (χ4v) is 4.41. The van der Waals surface area contributed by atoms with Crippen LogP contribution in [0.4, 0.5) is 5.69 Å². The van der Waals surface area contributed by atoms with Crippen LogP contribution in [-0.4, -0.2) is 11.1 Å². The molecule has 0 aliphatic carbocycles. The number of nitrogen functional groups attached to an aromatic ring is 1. The number of esters is 1. The molecule has 5 nitrogen and oxygen atoms in total. The summed E-state index contributed by atoms with van der Waals surface area (Å²) in [7, 11) is 3.15. The zero-order valence-electron chi connectivity index (χ0n) is 12.2. The summed E-state index contributed by atoms with van der Waals surface area (Å²) in [5, 5.41) is 9.80. The fraction of sp³-hybridized carbons (Fsp3) is 0. The second-order valence-electron chi connectivity index (χ2n) is 4.78. The van der Waals surface area contributed by atoms with Crippen molar-refractivity contribution in [2.45, 2.75) is 0 Å². The lowest BCUT2D eigenvalue weighted by molar-refractivity contribution is 0.0732. The molecule has 0 saturated carbocycles. The van der Waals surface area contributed by atoms with E-state index in [1.807, 2.05) is 18.2 Å². The average molecular weight is 376 g/mol. The number of phenols is 1. The summed E-state index contributed by atoms with van der Waals surface area (Å²) in [5.74, 6) is 4.85. The van der Waals surface area contributed by atoms with Gasteiger partial charge >= 0.3 is 5.97 Å². The second kappa shape index (κ2) is 7.10. The Morgan fingerprint density at radius 1 is 1.12 bits per heavy atom. The largest absolute Gasteiger partial charge is 0.507 e. The SMILES string of the molecule is NNc1ccc(O)c(C(=O)Oc2ccc(-c3cc(=S)ss3)cc2)c1. The van der Waals surface area contributed by atoms with Gasteiger partial charge in [-0.1, -0.05) is 32.9 Å². The molecule has 4 N–H and O–H groups in total. The van der Waals surface area contributed by atoms with Crippen LogP contribution in [0.3, 0.4) is 0 Å². The summed E-state index contributed by atoms with van der Waals surface area (Å²) in [4.78, 5) is 13.3. The van der Waals surface area contributed by atoms with Gasteiger partial charge < -0.3 is 15.3 Å². The standard InChI is InChI=1S/C16H12N2O3S3/c17-18-10-3-6-13(19)12(7-10)16(20)21-11-4-1-9(2-5-11)14-8-15(22)24-23-14/h1-8,18-19H,17H2. The number of hydrogen-bond donors (Lipinski definition) is 3. The molecule has 0 radical (unpaired) electrons. The third-order valence-electron chi connectivity index (χ3n) is 3.20. The maximum Gasteiger partial charge on any atom is 0.347 e. The van der Waals surface area contributed by atoms with Crippen molar-refractivity contribution in [2.24, 2.45) is 5.84 Å². The van der Waals surface area contributed by atoms with Crippen LogP contribution in [-0.2, 0) is 0 Å². The Morgan fingerprint density at radius 2 is 1.88 bits per heavy atom. The summed E-state index contributed by atoms with van der Waals surface area (Å²) < 4.78 is 6.14. The molecule has 0 aliphatic rings. The first kappa shape index (κ1) is 16.6. The molecule has 1 aromatic heterocycles. The molecule has 0 fully saturated rings. The number of benzene rings is 2. The Labute approximate surface area is 150 Å². The molecule has 0 unspecified atom stereocenters. The lowest BCUT2D eigenvalue weighted by Gasteiger charge is -2.08. The van der Waals surface area contributed by atoms with Gasteiger partial charge in [0.1, 0.15) is 20.9 Å². The van der Waals surface area contributed by atoms with E-state index in [1.54, 1.807) is 38.9 Å². The van der Waals surface area contributed by atoms with E-state index >= 15 is 0 Å². The Morgan fingerprint density at radius 3 is 2.50 bits per heavy atom. The molecule has 8 heteroatoms. The molecule has 0 bridgehead atoms. The Balaban J connectivity index is 1.78. The van der Waals surface area contributed by atoms with Gasteiger partial charge in [-0.25, -0.2) is 4.79 Å². The van der Waals surface area contributed by atoms with Crippen molar-refractivity contribution in [3.05, 3.63) is 57.9 Å². The van der Waals surface area contributed by atoms with Gasteiger partial charge in [-0.05, 0) is 54.1 Å². The van der Waals surface area contributed by atoms with E-state index in [4.69, 9.17) is 22.8 Å². The van der Waals surface area contributed by atoms with Gasteiger partial charge in [0, 0.05) is 10.6 Å². The molecule has 122 valence electrons. The molecule has 24 heavy (non-hydrogen) atoms. The Hall–Kier alpha value is -2.26. The Bertz CT molecular complexity index is 932. The van der Waals surface area contributed by atoms with Gasteiger partial charge in [0.15, 0.2) is 0 Å². The molecule has 3 aromatic rings. The topological polar surface area (TPSA) is 84.6 Å². The van der Waals surface area contributed by atoms with Crippen molar-refractivity contribution < 1.29 is 14.6 Å². The first-order valence-corrected chi connectivity index (χ1v) is 9.35. The van der Waals surface area contributed by atoms with Gasteiger partial charge in [-0.3, -0.25) is 5.84 Å². The zero-order chi connectivity index (χ0) is 17.1. The first-order chi connectivity index (χ1) is 11.6. The minimum atomic E-state index is -0.663. The summed E-state index contributed by atoms with van der Waals surface area (Å²) in [6.45, 7) is 0. The zero-order valence-corrected chi connectivity index (χ0v) is 14.6. The quantitative estimate of drug-likeness (QED) is 0.119. The van der Waals surface area contributed by atoms with E-state index in [9.17, 15) is 9.90 Å². The molecule has 3 rings (SSSR count). The van der Waals surface area contributed by atoms with Gasteiger partial charge in [0.25, 0.3) is 0 Å². The van der Waals surface area contributed by atoms with Crippen molar-refractivity contribution in [1.29, 1.82) is 0 Å². The minimum absolute atomic E-state index is 0.0327. The predicted molar refractivity (Wildman–Crippen MR) is 99.3 cm³/mol. The van der Waals surface area contributed by atoms with Crippen LogP contribution in [0.1, 0.15) is 10.4 Å². The second-order valence-corrected chi connectivity index (χ2v) is 7.70. The van der Waals surface area contributed by atoms with Crippen molar-refractivity contribution >= 4 is 44.6 Å². The number of nitrogens with two attached hydrogens (primary N) is 1. The number of carbonyl (C=O) groups excluding carboxylic acids is 1. The number of hydrogen-bond acceptors (Lipinski definition) is 8. The van der Waals surface area contributed by atoms with Crippen LogP contribution in [0.25, 0.3) is 10.4 Å². The highest BCUT2D eigenvalue weighted by molar-refractivity contribution is 7.80. The van der Waals surface area contributed by atoms with Crippen molar-refractivity contribution in [1.82, 2.24) is 0 Å². The van der Waals surface area contributed by atoms with E-state index in [-0.39, 0.29) is 11.3 Å². The highest BCUT2D eigenvalue weighted by atomic mass is 32.9. The molecule has 0 atom stereocenters. The molecule has 0 aliphatic heterocycles. The van der Waals surface area contributed by atoms with Gasteiger partial charge in [0.2, 0.25) is 0 Å². The maximum atomic E-state index is 12.2. The minimum Gasteiger partial charge on any atom is -0.507 e. The molecule has 0 saturated heterocycles. The molecule has 0 spiro atoms. The van der Waals surface area contributed by atoms with Crippen molar-refractivity contribution in [3.63, 3.8) is 0 Å². The molecule has 0 amide bonds. The van der Waals surface area contributed by atoms with Crippen molar-refractivity contribution in [3.8, 4) is 21.9 Å². The molecular weight excluding hydrogens is 364 g/mol. The number of carbonyl (C=O) groups is 1. The van der Waals surface area contributed by atoms with Gasteiger partial charge in [-0.15, -0.1) is 0 Å². The average Bonchev–Trinajstić information content (AvgIpc) is 3.02. The van der Waals surface area contributed by atoms with Crippen molar-refractivity contribution in [2.75, 3.05) is 5.43 Å². The van der Waals surface area contributed by atoms with Crippen LogP contribution < -0.4 is 16.0 Å². The Kier molecular flexibility index (Phi) is 4.91. The number of rotatable bonds is 4. The summed E-state index contributed by atoms with van der Waals surface area (Å²) in [6.07, 6.45) is 0. The van der Waals surface area contributed by atoms with Crippen LogP contribution in [0, 0.1) is 3.82 Å². The molecular formula is C16H12N2O3S3. The van der Waals surface area contributed by atoms with Crippen LogP contribution in [0.15, 0.2) is 48.5 Å². The lowest BCUT2D eigenvalue weighted by atomic mass is 10.1. The number of anilines is 1. The van der Waals surface area contributed by atoms with E-state index in [0.717, 1.165) is 14.3 Å².